The number of rotatable bonds is 6. The van der Waals surface area contributed by atoms with Gasteiger partial charge in [-0.05, 0) is 28.5 Å². The van der Waals surface area contributed by atoms with Crippen LogP contribution in [0.1, 0.15) is 28.8 Å². The van der Waals surface area contributed by atoms with Crippen molar-refractivity contribution in [1.29, 1.82) is 0 Å². The van der Waals surface area contributed by atoms with Crippen LogP contribution in [0.5, 0.6) is 0 Å². The molecule has 0 radical (unpaired) electrons. The Labute approximate surface area is 166 Å². The van der Waals surface area contributed by atoms with Gasteiger partial charge in [0.15, 0.2) is 11.5 Å². The molecule has 0 aliphatic carbocycles. The highest BCUT2D eigenvalue weighted by atomic mass is 16.5. The van der Waals surface area contributed by atoms with Crippen molar-refractivity contribution in [2.24, 2.45) is 0 Å². The van der Waals surface area contributed by atoms with Gasteiger partial charge in [-0.3, -0.25) is 14.8 Å². The molecule has 7 heteroatoms. The number of carbonyl (C=O) groups excluding carboxylic acids is 2. The summed E-state index contributed by atoms with van der Waals surface area (Å²) in [6.07, 6.45) is 2.62. The molecule has 2 aromatic carbocycles. The topological polar surface area (TPSA) is 86.4 Å². The maximum Gasteiger partial charge on any atom is 0.412 e. The molecule has 0 spiro atoms. The molecule has 0 bridgehead atoms. The summed E-state index contributed by atoms with van der Waals surface area (Å²) in [6.45, 7) is 1.96. The smallest absolute Gasteiger partial charge is 0.412 e. The summed E-state index contributed by atoms with van der Waals surface area (Å²) < 4.78 is 12.4. The Morgan fingerprint density at radius 1 is 1.10 bits per heavy atom. The number of ketones is 1. The lowest BCUT2D eigenvalue weighted by Crippen LogP contribution is -2.13. The van der Waals surface area contributed by atoms with E-state index in [9.17, 15) is 9.59 Å². The van der Waals surface area contributed by atoms with Crippen LogP contribution in [0.15, 0.2) is 71.4 Å². The largest absolute Gasteiger partial charge is 0.456 e. The molecule has 0 saturated heterocycles. The molecule has 4 aromatic rings. The average Bonchev–Trinajstić information content (AvgIpc) is 3.36. The van der Waals surface area contributed by atoms with Crippen LogP contribution in [-0.2, 0) is 17.9 Å². The summed E-state index contributed by atoms with van der Waals surface area (Å²) in [5, 5.41) is 8.99. The highest BCUT2D eigenvalue weighted by molar-refractivity contribution is 5.91. The fraction of sp³-hybridized carbons (Fsp3) is 0.136. The van der Waals surface area contributed by atoms with Crippen molar-refractivity contribution in [2.75, 3.05) is 5.32 Å². The van der Waals surface area contributed by atoms with E-state index >= 15 is 0 Å². The van der Waals surface area contributed by atoms with Crippen molar-refractivity contribution in [3.63, 3.8) is 0 Å². The van der Waals surface area contributed by atoms with Crippen molar-refractivity contribution < 1.29 is 18.7 Å². The van der Waals surface area contributed by atoms with E-state index in [2.05, 4.69) is 10.4 Å². The van der Waals surface area contributed by atoms with Gasteiger partial charge in [-0.15, -0.1) is 0 Å². The van der Waals surface area contributed by atoms with Crippen molar-refractivity contribution in [3.05, 3.63) is 84.1 Å². The van der Waals surface area contributed by atoms with E-state index in [0.29, 0.717) is 23.8 Å². The summed E-state index contributed by atoms with van der Waals surface area (Å²) in [5.74, 6) is 0.777. The first-order chi connectivity index (χ1) is 14.1. The molecule has 7 nitrogen and oxygen atoms in total. The third kappa shape index (κ3) is 4.35. The molecule has 0 fully saturated rings. The SMILES string of the molecule is CC(=O)c1ccc(Cn2cc(NC(=O)OCc3cccc4ccccc34)cn2)o1. The van der Waals surface area contributed by atoms with Gasteiger partial charge in [0.05, 0.1) is 18.4 Å². The third-order valence-corrected chi connectivity index (χ3v) is 4.44. The number of aromatic nitrogens is 2. The third-order valence-electron chi connectivity index (χ3n) is 4.44. The number of anilines is 1. The molecule has 1 N–H and O–H groups in total. The van der Waals surface area contributed by atoms with Crippen LogP contribution in [0.4, 0.5) is 10.5 Å². The zero-order chi connectivity index (χ0) is 20.2. The number of nitrogens with zero attached hydrogens (tertiary/aromatic N) is 2. The van der Waals surface area contributed by atoms with Crippen LogP contribution in [0.3, 0.4) is 0 Å². The van der Waals surface area contributed by atoms with Gasteiger partial charge >= 0.3 is 6.09 Å². The summed E-state index contributed by atoms with van der Waals surface area (Å²) in [7, 11) is 0. The number of hydrogen-bond donors (Lipinski definition) is 1. The first kappa shape index (κ1) is 18.5. The predicted octanol–water partition coefficient (Wildman–Crippen LogP) is 4.63. The number of carbonyl (C=O) groups is 2. The normalized spacial score (nSPS) is 10.8. The second-order valence-electron chi connectivity index (χ2n) is 6.59. The number of ether oxygens (including phenoxy) is 1. The summed E-state index contributed by atoms with van der Waals surface area (Å²) in [4.78, 5) is 23.4. The average molecular weight is 389 g/mol. The molecule has 0 aliphatic heterocycles. The summed E-state index contributed by atoms with van der Waals surface area (Å²) in [6, 6.07) is 17.2. The minimum Gasteiger partial charge on any atom is -0.456 e. The maximum absolute atomic E-state index is 12.1. The standard InChI is InChI=1S/C22H19N3O4/c1-15(26)21-10-9-19(29-21)13-25-12-18(11-23-25)24-22(27)28-14-17-7-4-6-16-5-2-3-8-20(16)17/h2-12H,13-14H2,1H3,(H,24,27). The molecule has 146 valence electrons. The first-order valence-corrected chi connectivity index (χ1v) is 9.11. The van der Waals surface area contributed by atoms with Gasteiger partial charge in [0.2, 0.25) is 0 Å². The Bertz CT molecular complexity index is 1170. The number of furan rings is 1. The summed E-state index contributed by atoms with van der Waals surface area (Å²) >= 11 is 0. The Morgan fingerprint density at radius 3 is 2.76 bits per heavy atom. The zero-order valence-electron chi connectivity index (χ0n) is 15.8. The lowest BCUT2D eigenvalue weighted by Gasteiger charge is -2.08. The second-order valence-corrected chi connectivity index (χ2v) is 6.59. The molecule has 0 aliphatic rings. The highest BCUT2D eigenvalue weighted by Gasteiger charge is 2.10. The van der Waals surface area contributed by atoms with Crippen LogP contribution in [0, 0.1) is 0 Å². The summed E-state index contributed by atoms with van der Waals surface area (Å²) in [5.41, 5.74) is 1.44. The Balaban J connectivity index is 1.34. The molecule has 0 unspecified atom stereocenters. The van der Waals surface area contributed by atoms with Crippen LogP contribution in [0.25, 0.3) is 10.8 Å². The Morgan fingerprint density at radius 2 is 1.93 bits per heavy atom. The van der Waals surface area contributed by atoms with Crippen molar-refractivity contribution in [2.45, 2.75) is 20.1 Å². The zero-order valence-corrected chi connectivity index (χ0v) is 15.8. The van der Waals surface area contributed by atoms with E-state index in [1.165, 1.54) is 13.1 Å². The number of hydrogen-bond acceptors (Lipinski definition) is 5. The van der Waals surface area contributed by atoms with E-state index < -0.39 is 6.09 Å². The van der Waals surface area contributed by atoms with Crippen LogP contribution >= 0.6 is 0 Å². The number of fused-ring (bicyclic) bond motifs is 1. The van der Waals surface area contributed by atoms with Gasteiger partial charge in [0, 0.05) is 13.1 Å². The first-order valence-electron chi connectivity index (χ1n) is 9.11. The molecule has 2 aromatic heterocycles. The minimum absolute atomic E-state index is 0.131. The second kappa shape index (κ2) is 8.02. The lowest BCUT2D eigenvalue weighted by molar-refractivity contribution is 0.0985. The monoisotopic (exact) mass is 389 g/mol. The molecular formula is C22H19N3O4. The number of Topliss-reactive ketones (excluding diaryl/α,β-unsaturated/α-hetero) is 1. The Hall–Kier alpha value is -3.87. The minimum atomic E-state index is -0.561. The highest BCUT2D eigenvalue weighted by Crippen LogP contribution is 2.19. The number of amides is 1. The predicted molar refractivity (Wildman–Crippen MR) is 108 cm³/mol. The number of nitrogens with one attached hydrogen (secondary N) is 1. The van der Waals surface area contributed by atoms with Gasteiger partial charge < -0.3 is 9.15 Å². The van der Waals surface area contributed by atoms with E-state index in [-0.39, 0.29) is 12.4 Å². The lowest BCUT2D eigenvalue weighted by atomic mass is 10.1. The van der Waals surface area contributed by atoms with Crippen molar-refractivity contribution in [3.8, 4) is 0 Å². The molecule has 1 amide bonds. The molecule has 2 heterocycles. The van der Waals surface area contributed by atoms with Crippen molar-refractivity contribution in [1.82, 2.24) is 9.78 Å². The molecule has 0 saturated carbocycles. The maximum atomic E-state index is 12.1. The van der Waals surface area contributed by atoms with Crippen molar-refractivity contribution >= 4 is 28.3 Å². The van der Waals surface area contributed by atoms with Gasteiger partial charge in [-0.2, -0.15) is 5.10 Å². The van der Waals surface area contributed by atoms with Gasteiger partial charge in [0.1, 0.15) is 12.4 Å². The van der Waals surface area contributed by atoms with Gasteiger partial charge in [0.25, 0.3) is 0 Å². The fourth-order valence-corrected chi connectivity index (χ4v) is 3.04. The van der Waals surface area contributed by atoms with E-state index in [4.69, 9.17) is 9.15 Å². The molecule has 4 rings (SSSR count). The van der Waals surface area contributed by atoms with Gasteiger partial charge in [-0.25, -0.2) is 4.79 Å². The quantitative estimate of drug-likeness (QED) is 0.486. The van der Waals surface area contributed by atoms with Crippen LogP contribution < -0.4 is 5.32 Å². The van der Waals surface area contributed by atoms with Gasteiger partial charge in [-0.1, -0.05) is 42.5 Å². The fourth-order valence-electron chi connectivity index (χ4n) is 3.04. The van der Waals surface area contributed by atoms with E-state index in [0.717, 1.165) is 16.3 Å². The van der Waals surface area contributed by atoms with Crippen LogP contribution in [-0.4, -0.2) is 21.7 Å². The van der Waals surface area contributed by atoms with E-state index in [1.807, 2.05) is 42.5 Å². The Kier molecular flexibility index (Phi) is 5.11. The molecule has 29 heavy (non-hydrogen) atoms. The van der Waals surface area contributed by atoms with E-state index in [1.54, 1.807) is 23.0 Å². The number of benzene rings is 2. The molecule has 0 atom stereocenters. The van der Waals surface area contributed by atoms with Crippen LogP contribution in [0.2, 0.25) is 0 Å². The molecular weight excluding hydrogens is 370 g/mol.